The van der Waals surface area contributed by atoms with E-state index >= 15 is 0 Å². The van der Waals surface area contributed by atoms with Gasteiger partial charge in [0.2, 0.25) is 0 Å². The van der Waals surface area contributed by atoms with Crippen molar-refractivity contribution in [3.05, 3.63) is 27.6 Å². The third-order valence-electron chi connectivity index (χ3n) is 2.07. The van der Waals surface area contributed by atoms with Gasteiger partial charge in [0.25, 0.3) is 0 Å². The van der Waals surface area contributed by atoms with E-state index < -0.39 is 0 Å². The second-order valence-corrected chi connectivity index (χ2v) is 4.61. The maximum absolute atomic E-state index is 6.06. The van der Waals surface area contributed by atoms with Crippen molar-refractivity contribution < 1.29 is 4.74 Å². The van der Waals surface area contributed by atoms with Gasteiger partial charge >= 0.3 is 0 Å². The molecule has 0 saturated carbocycles. The Hall–Kier alpha value is -0.580. The summed E-state index contributed by atoms with van der Waals surface area (Å²) in [6.07, 6.45) is 0. The minimum atomic E-state index is 0.217. The normalized spacial score (nSPS) is 10.8. The number of hydrogen-bond acceptors (Lipinski definition) is 3. The van der Waals surface area contributed by atoms with Gasteiger partial charge in [-0.25, -0.2) is 9.97 Å². The van der Waals surface area contributed by atoms with E-state index in [1.807, 2.05) is 12.1 Å². The molecule has 0 spiro atoms. The van der Waals surface area contributed by atoms with Gasteiger partial charge in [0.05, 0.1) is 13.0 Å². The van der Waals surface area contributed by atoms with Crippen LogP contribution in [0.15, 0.2) is 16.6 Å². The van der Waals surface area contributed by atoms with Crippen molar-refractivity contribution in [2.24, 2.45) is 0 Å². The smallest absolute Gasteiger partial charge is 0.146 e. The summed E-state index contributed by atoms with van der Waals surface area (Å²) in [7, 11) is 1.58. The van der Waals surface area contributed by atoms with Crippen molar-refractivity contribution in [1.82, 2.24) is 9.97 Å². The molecule has 3 nitrogen and oxygen atoms in total. The highest BCUT2D eigenvalue weighted by Gasteiger charge is 2.11. The average molecular weight is 322 g/mol. The van der Waals surface area contributed by atoms with E-state index in [1.165, 1.54) is 0 Å². The molecule has 0 aliphatic rings. The van der Waals surface area contributed by atoms with Crippen molar-refractivity contribution in [3.8, 4) is 5.75 Å². The Morgan fingerprint density at radius 1 is 1.38 bits per heavy atom. The molecule has 84 valence electrons. The Labute approximate surface area is 111 Å². The molecule has 0 N–H and O–H groups in total. The van der Waals surface area contributed by atoms with Gasteiger partial charge in [-0.2, -0.15) is 0 Å². The molecule has 2 aromatic rings. The third-order valence-corrected chi connectivity index (χ3v) is 3.05. The fraction of sp³-hybridized carbons (Fsp3) is 0.200. The zero-order valence-electron chi connectivity index (χ0n) is 8.30. The third kappa shape index (κ3) is 2.10. The number of nitrogens with zero attached hydrogens (tertiary/aromatic N) is 2. The van der Waals surface area contributed by atoms with E-state index in [2.05, 4.69) is 25.9 Å². The van der Waals surface area contributed by atoms with Crippen LogP contribution in [0.25, 0.3) is 10.9 Å². The Balaban J connectivity index is 2.83. The molecule has 1 heterocycles. The van der Waals surface area contributed by atoms with Crippen LogP contribution in [0.5, 0.6) is 5.75 Å². The minimum Gasteiger partial charge on any atom is -0.494 e. The Kier molecular flexibility index (Phi) is 3.52. The predicted molar refractivity (Wildman–Crippen MR) is 68.4 cm³/mol. The second-order valence-electron chi connectivity index (χ2n) is 3.07. The highest BCUT2D eigenvalue weighted by Crippen LogP contribution is 2.32. The molecule has 0 amide bonds. The lowest BCUT2D eigenvalue weighted by atomic mass is 10.2. The zero-order valence-corrected chi connectivity index (χ0v) is 11.4. The highest BCUT2D eigenvalue weighted by molar-refractivity contribution is 9.10. The summed E-state index contributed by atoms with van der Waals surface area (Å²) >= 11 is 15.1. The highest BCUT2D eigenvalue weighted by atomic mass is 79.9. The van der Waals surface area contributed by atoms with E-state index in [0.29, 0.717) is 22.2 Å². The van der Waals surface area contributed by atoms with Gasteiger partial charge in [-0.05, 0) is 12.1 Å². The molecule has 0 saturated heterocycles. The molecule has 1 aromatic heterocycles. The van der Waals surface area contributed by atoms with Gasteiger partial charge in [0.1, 0.15) is 22.2 Å². The van der Waals surface area contributed by atoms with Crippen molar-refractivity contribution in [2.45, 2.75) is 5.88 Å². The van der Waals surface area contributed by atoms with Crippen LogP contribution in [0, 0.1) is 0 Å². The molecule has 0 atom stereocenters. The van der Waals surface area contributed by atoms with E-state index in [0.717, 1.165) is 9.86 Å². The first-order valence-electron chi connectivity index (χ1n) is 4.41. The molecule has 0 aliphatic heterocycles. The van der Waals surface area contributed by atoms with Crippen LogP contribution in [0.4, 0.5) is 0 Å². The maximum Gasteiger partial charge on any atom is 0.146 e. The number of rotatable bonds is 2. The summed E-state index contributed by atoms with van der Waals surface area (Å²) in [4.78, 5) is 8.38. The van der Waals surface area contributed by atoms with E-state index in [1.54, 1.807) is 7.11 Å². The van der Waals surface area contributed by atoms with E-state index in [-0.39, 0.29) is 5.88 Å². The first-order valence-corrected chi connectivity index (χ1v) is 6.12. The van der Waals surface area contributed by atoms with Crippen LogP contribution in [0.2, 0.25) is 5.15 Å². The number of aromatic nitrogens is 2. The molecular formula is C10H7BrCl2N2O. The van der Waals surface area contributed by atoms with Gasteiger partial charge in [-0.1, -0.05) is 27.5 Å². The summed E-state index contributed by atoms with van der Waals surface area (Å²) in [5.41, 5.74) is 0.668. The predicted octanol–water partition coefficient (Wildman–Crippen LogP) is 3.79. The summed E-state index contributed by atoms with van der Waals surface area (Å²) < 4.78 is 6.10. The van der Waals surface area contributed by atoms with E-state index in [4.69, 9.17) is 27.9 Å². The van der Waals surface area contributed by atoms with Gasteiger partial charge in [0.15, 0.2) is 0 Å². The number of benzene rings is 1. The number of fused-ring (bicyclic) bond motifs is 1. The minimum absolute atomic E-state index is 0.217. The van der Waals surface area contributed by atoms with Gasteiger partial charge in [-0.15, -0.1) is 11.6 Å². The van der Waals surface area contributed by atoms with Gasteiger partial charge in [0, 0.05) is 9.86 Å². The van der Waals surface area contributed by atoms with Gasteiger partial charge in [-0.3, -0.25) is 0 Å². The summed E-state index contributed by atoms with van der Waals surface area (Å²) in [6.45, 7) is 0. The molecule has 16 heavy (non-hydrogen) atoms. The van der Waals surface area contributed by atoms with Crippen LogP contribution in [-0.2, 0) is 5.88 Å². The van der Waals surface area contributed by atoms with Crippen LogP contribution in [0.3, 0.4) is 0 Å². The first kappa shape index (κ1) is 11.9. The van der Waals surface area contributed by atoms with Crippen LogP contribution < -0.4 is 4.74 Å². The fourth-order valence-electron chi connectivity index (χ4n) is 1.39. The molecule has 2 rings (SSSR count). The number of methoxy groups -OCH3 is 1. The Bertz CT molecular complexity index is 548. The summed E-state index contributed by atoms with van der Waals surface area (Å²) in [5.74, 6) is 1.34. The monoisotopic (exact) mass is 320 g/mol. The standard InChI is InChI=1S/C10H7BrCl2N2O/c1-16-7-3-5(11)2-6-9(7)14-8(4-12)15-10(6)13/h2-3H,4H2,1H3. The van der Waals surface area contributed by atoms with Gasteiger partial charge < -0.3 is 4.74 Å². The largest absolute Gasteiger partial charge is 0.494 e. The number of alkyl halides is 1. The van der Waals surface area contributed by atoms with Crippen LogP contribution >= 0.6 is 39.1 Å². The lowest BCUT2D eigenvalue weighted by Crippen LogP contribution is -1.96. The second kappa shape index (κ2) is 4.73. The number of hydrogen-bond donors (Lipinski definition) is 0. The lowest BCUT2D eigenvalue weighted by Gasteiger charge is -2.07. The van der Waals surface area contributed by atoms with Crippen molar-refractivity contribution in [3.63, 3.8) is 0 Å². The van der Waals surface area contributed by atoms with Crippen LogP contribution in [-0.4, -0.2) is 17.1 Å². The lowest BCUT2D eigenvalue weighted by molar-refractivity contribution is 0.418. The molecule has 0 radical (unpaired) electrons. The van der Waals surface area contributed by atoms with Crippen molar-refractivity contribution in [2.75, 3.05) is 7.11 Å². The molecule has 0 fully saturated rings. The number of ether oxygens (including phenoxy) is 1. The molecule has 1 aromatic carbocycles. The summed E-state index contributed by atoms with van der Waals surface area (Å²) in [6, 6.07) is 3.67. The maximum atomic E-state index is 6.06. The topological polar surface area (TPSA) is 35.0 Å². The molecule has 0 unspecified atom stereocenters. The van der Waals surface area contributed by atoms with Crippen LogP contribution in [0.1, 0.15) is 5.82 Å². The quantitative estimate of drug-likeness (QED) is 0.623. The first-order chi connectivity index (χ1) is 7.65. The molecule has 0 bridgehead atoms. The number of halogens is 3. The molecule has 6 heteroatoms. The van der Waals surface area contributed by atoms with Crippen molar-refractivity contribution in [1.29, 1.82) is 0 Å². The molecular weight excluding hydrogens is 315 g/mol. The average Bonchev–Trinajstić information content (AvgIpc) is 2.28. The Morgan fingerprint density at radius 3 is 2.75 bits per heavy atom. The SMILES string of the molecule is COc1cc(Br)cc2c(Cl)nc(CCl)nc12. The Morgan fingerprint density at radius 2 is 2.12 bits per heavy atom. The van der Waals surface area contributed by atoms with Crippen molar-refractivity contribution >= 4 is 50.0 Å². The zero-order chi connectivity index (χ0) is 11.7. The fourth-order valence-corrected chi connectivity index (χ4v) is 2.19. The summed E-state index contributed by atoms with van der Waals surface area (Å²) in [5, 5.41) is 1.11. The molecule has 0 aliphatic carbocycles. The van der Waals surface area contributed by atoms with E-state index in [9.17, 15) is 0 Å².